The van der Waals surface area contributed by atoms with Crippen LogP contribution in [0.3, 0.4) is 0 Å². The number of carbonyl (C=O) groups is 2. The van der Waals surface area contributed by atoms with E-state index in [4.69, 9.17) is 4.74 Å². The smallest absolute Gasteiger partial charge is 0.322 e. The monoisotopic (exact) mass is 307 g/mol. The molecule has 1 aromatic rings. The summed E-state index contributed by atoms with van der Waals surface area (Å²) in [5.74, 6) is -0.0231. The van der Waals surface area contributed by atoms with E-state index in [-0.39, 0.29) is 18.0 Å². The lowest BCUT2D eigenvalue weighted by atomic mass is 9.98. The van der Waals surface area contributed by atoms with Crippen LogP contribution >= 0.6 is 11.3 Å². The number of nitrogens with one attached hydrogen (secondary N) is 1. The summed E-state index contributed by atoms with van der Waals surface area (Å²) in [6, 6.07) is 1.41. The van der Waals surface area contributed by atoms with Gasteiger partial charge in [0.2, 0.25) is 0 Å². The summed E-state index contributed by atoms with van der Waals surface area (Å²) in [4.78, 5) is 28.0. The number of hydrogen-bond donors (Lipinski definition) is 1. The number of methoxy groups -OCH3 is 1. The first-order valence-electron chi connectivity index (χ1n) is 6.71. The van der Waals surface area contributed by atoms with Gasteiger partial charge in [-0.25, -0.2) is 4.79 Å². The molecule has 0 aliphatic carbocycles. The lowest BCUT2D eigenvalue weighted by Gasteiger charge is -2.30. The van der Waals surface area contributed by atoms with Gasteiger partial charge in [0.05, 0.1) is 30.5 Å². The molecular formula is C14H17N3O3S. The Morgan fingerprint density at radius 2 is 2.29 bits per heavy atom. The fourth-order valence-corrected chi connectivity index (χ4v) is 3.38. The number of ether oxygens (including phenoxy) is 1. The molecule has 0 bridgehead atoms. The van der Waals surface area contributed by atoms with Crippen molar-refractivity contribution in [1.82, 2.24) is 15.1 Å². The van der Waals surface area contributed by atoms with Gasteiger partial charge in [-0.1, -0.05) is 0 Å². The second kappa shape index (κ2) is 5.50. The fraction of sp³-hybridized carbons (Fsp3) is 0.429. The van der Waals surface area contributed by atoms with Crippen LogP contribution in [0.5, 0.6) is 0 Å². The van der Waals surface area contributed by atoms with E-state index >= 15 is 0 Å². The van der Waals surface area contributed by atoms with Crippen molar-refractivity contribution in [3.8, 4) is 0 Å². The van der Waals surface area contributed by atoms with Crippen molar-refractivity contribution >= 4 is 23.3 Å². The van der Waals surface area contributed by atoms with E-state index in [1.165, 1.54) is 4.90 Å². The molecule has 3 heterocycles. The zero-order valence-corrected chi connectivity index (χ0v) is 12.8. The summed E-state index contributed by atoms with van der Waals surface area (Å²) >= 11 is 1.55. The Labute approximate surface area is 127 Å². The fourth-order valence-electron chi connectivity index (χ4n) is 2.69. The average molecular weight is 307 g/mol. The Kier molecular flexibility index (Phi) is 3.69. The third-order valence-electron chi connectivity index (χ3n) is 3.88. The standard InChI is InChI=1S/C14H17N3O3S/c1-16-10-7-17(4-5-20-2)13(18)11(10)12(15-14(16)19)9-3-6-21-8-9/h3,6,8,12H,4-5,7H2,1-2H3,(H,15,19)/t12-/m0/s1. The highest BCUT2D eigenvalue weighted by Crippen LogP contribution is 2.36. The van der Waals surface area contributed by atoms with Gasteiger partial charge >= 0.3 is 6.03 Å². The van der Waals surface area contributed by atoms with E-state index in [0.29, 0.717) is 25.3 Å². The maximum atomic E-state index is 12.6. The van der Waals surface area contributed by atoms with E-state index in [1.807, 2.05) is 16.8 Å². The number of carbonyl (C=O) groups excluding carboxylic acids is 2. The van der Waals surface area contributed by atoms with E-state index in [1.54, 1.807) is 30.4 Å². The van der Waals surface area contributed by atoms with Gasteiger partial charge in [0.15, 0.2) is 0 Å². The van der Waals surface area contributed by atoms with Gasteiger partial charge < -0.3 is 15.0 Å². The van der Waals surface area contributed by atoms with Crippen LogP contribution in [-0.2, 0) is 9.53 Å². The molecule has 0 aromatic carbocycles. The Hall–Kier alpha value is -1.86. The summed E-state index contributed by atoms with van der Waals surface area (Å²) in [6.07, 6.45) is 0. The molecular weight excluding hydrogens is 290 g/mol. The Balaban J connectivity index is 1.94. The third kappa shape index (κ3) is 2.32. The number of urea groups is 1. The molecule has 0 unspecified atom stereocenters. The number of nitrogens with zero attached hydrogens (tertiary/aromatic N) is 2. The van der Waals surface area contributed by atoms with Crippen LogP contribution in [0, 0.1) is 0 Å². The van der Waals surface area contributed by atoms with Crippen molar-refractivity contribution in [2.24, 2.45) is 0 Å². The lowest BCUT2D eigenvalue weighted by Crippen LogP contribution is -2.45. The SMILES string of the molecule is COCCN1CC2=C(C1=O)[C@H](c1ccsc1)NC(=O)N2C. The van der Waals surface area contributed by atoms with Crippen molar-refractivity contribution in [2.75, 3.05) is 33.9 Å². The first-order valence-corrected chi connectivity index (χ1v) is 7.65. The molecule has 2 aliphatic rings. The number of amides is 3. The molecule has 3 amide bonds. The molecule has 6 nitrogen and oxygen atoms in total. The number of likely N-dealkylation sites (N-methyl/N-ethyl adjacent to an activating group) is 1. The topological polar surface area (TPSA) is 61.9 Å². The molecule has 0 saturated carbocycles. The molecule has 0 fully saturated rings. The zero-order valence-electron chi connectivity index (χ0n) is 12.0. The molecule has 1 N–H and O–H groups in total. The summed E-state index contributed by atoms with van der Waals surface area (Å²) in [6.45, 7) is 1.48. The number of rotatable bonds is 4. The molecule has 1 atom stereocenters. The quantitative estimate of drug-likeness (QED) is 0.909. The van der Waals surface area contributed by atoms with Crippen molar-refractivity contribution in [3.05, 3.63) is 33.7 Å². The van der Waals surface area contributed by atoms with Crippen LogP contribution in [0.15, 0.2) is 28.1 Å². The molecule has 7 heteroatoms. The molecule has 3 rings (SSSR count). The largest absolute Gasteiger partial charge is 0.383 e. The first-order chi connectivity index (χ1) is 10.1. The van der Waals surface area contributed by atoms with Gasteiger partial charge in [0.1, 0.15) is 0 Å². The first kappa shape index (κ1) is 14.1. The number of thiophene rings is 1. The van der Waals surface area contributed by atoms with Crippen LogP contribution in [0.25, 0.3) is 0 Å². The van der Waals surface area contributed by atoms with Crippen LogP contribution in [0.2, 0.25) is 0 Å². The van der Waals surface area contributed by atoms with Crippen molar-refractivity contribution in [3.63, 3.8) is 0 Å². The van der Waals surface area contributed by atoms with Crippen LogP contribution in [0.1, 0.15) is 11.6 Å². The maximum Gasteiger partial charge on any atom is 0.322 e. The summed E-state index contributed by atoms with van der Waals surface area (Å²) in [5, 5.41) is 6.81. The second-order valence-electron chi connectivity index (χ2n) is 5.08. The minimum Gasteiger partial charge on any atom is -0.383 e. The summed E-state index contributed by atoms with van der Waals surface area (Å²) < 4.78 is 5.05. The van der Waals surface area contributed by atoms with Gasteiger partial charge in [-0.3, -0.25) is 9.69 Å². The average Bonchev–Trinajstić information content (AvgIpc) is 3.10. The second-order valence-corrected chi connectivity index (χ2v) is 5.86. The van der Waals surface area contributed by atoms with Crippen molar-refractivity contribution in [1.29, 1.82) is 0 Å². The van der Waals surface area contributed by atoms with Gasteiger partial charge in [0.25, 0.3) is 5.91 Å². The Morgan fingerprint density at radius 3 is 2.95 bits per heavy atom. The third-order valence-corrected chi connectivity index (χ3v) is 4.58. The highest BCUT2D eigenvalue weighted by molar-refractivity contribution is 7.08. The highest BCUT2D eigenvalue weighted by Gasteiger charge is 2.42. The van der Waals surface area contributed by atoms with Gasteiger partial charge in [-0.2, -0.15) is 11.3 Å². The van der Waals surface area contributed by atoms with Crippen LogP contribution in [0.4, 0.5) is 4.79 Å². The predicted molar refractivity (Wildman–Crippen MR) is 78.8 cm³/mol. The van der Waals surface area contributed by atoms with E-state index < -0.39 is 0 Å². The normalized spacial score (nSPS) is 21.9. The van der Waals surface area contributed by atoms with E-state index in [0.717, 1.165) is 11.3 Å². The molecule has 2 aliphatic heterocycles. The lowest BCUT2D eigenvalue weighted by molar-refractivity contribution is -0.126. The Morgan fingerprint density at radius 1 is 1.48 bits per heavy atom. The van der Waals surface area contributed by atoms with Crippen molar-refractivity contribution in [2.45, 2.75) is 6.04 Å². The molecule has 21 heavy (non-hydrogen) atoms. The number of hydrogen-bond acceptors (Lipinski definition) is 4. The summed E-state index contributed by atoms with van der Waals surface area (Å²) in [7, 11) is 3.31. The summed E-state index contributed by atoms with van der Waals surface area (Å²) in [5.41, 5.74) is 2.42. The minimum atomic E-state index is -0.352. The zero-order chi connectivity index (χ0) is 15.0. The predicted octanol–water partition coefficient (Wildman–Crippen LogP) is 1.19. The van der Waals surface area contributed by atoms with Gasteiger partial charge in [0, 0.05) is 20.7 Å². The Bertz CT molecular complexity index is 597. The van der Waals surface area contributed by atoms with Crippen LogP contribution < -0.4 is 5.32 Å². The van der Waals surface area contributed by atoms with Crippen molar-refractivity contribution < 1.29 is 14.3 Å². The molecule has 0 saturated heterocycles. The minimum absolute atomic E-state index is 0.0231. The molecule has 1 aromatic heterocycles. The van der Waals surface area contributed by atoms with E-state index in [9.17, 15) is 9.59 Å². The molecule has 112 valence electrons. The van der Waals surface area contributed by atoms with Crippen LogP contribution in [-0.4, -0.2) is 55.6 Å². The molecule has 0 radical (unpaired) electrons. The van der Waals surface area contributed by atoms with Gasteiger partial charge in [-0.05, 0) is 22.4 Å². The van der Waals surface area contributed by atoms with Gasteiger partial charge in [-0.15, -0.1) is 0 Å². The highest BCUT2D eigenvalue weighted by atomic mass is 32.1. The maximum absolute atomic E-state index is 12.6. The molecule has 0 spiro atoms. The van der Waals surface area contributed by atoms with E-state index in [2.05, 4.69) is 5.32 Å².